The van der Waals surface area contributed by atoms with Crippen molar-refractivity contribution in [3.8, 4) is 0 Å². The molecule has 0 aliphatic carbocycles. The van der Waals surface area contributed by atoms with Gasteiger partial charge in [-0.15, -0.1) is 0 Å². The highest BCUT2D eigenvalue weighted by molar-refractivity contribution is 7.47. The zero-order chi connectivity index (χ0) is 40.6. The van der Waals surface area contributed by atoms with E-state index in [2.05, 4.69) is 19.9 Å². The van der Waals surface area contributed by atoms with Crippen LogP contribution in [0.25, 0.3) is 0 Å². The van der Waals surface area contributed by atoms with Gasteiger partial charge >= 0.3 is 13.8 Å². The number of hydrogen-bond donors (Lipinski definition) is 1. The summed E-state index contributed by atoms with van der Waals surface area (Å²) in [6.45, 7) is 4.82. The number of carbonyl (C=O) groups is 1. The molecule has 0 aliphatic rings. The Balaban J connectivity index is 4.34. The molecule has 0 spiro atoms. The van der Waals surface area contributed by atoms with Crippen molar-refractivity contribution in [2.75, 3.05) is 47.5 Å². The minimum absolute atomic E-state index is 0.00259. The summed E-state index contributed by atoms with van der Waals surface area (Å²) in [5, 5.41) is 0. The second-order valence-electron chi connectivity index (χ2n) is 16.6. The molecule has 0 rings (SSSR count). The Kier molecular flexibility index (Phi) is 38.4. The highest BCUT2D eigenvalue weighted by atomic mass is 31.2. The number of rotatable bonds is 42. The van der Waals surface area contributed by atoms with Crippen molar-refractivity contribution in [3.05, 3.63) is 36.6 Å². The van der Waals surface area contributed by atoms with Gasteiger partial charge < -0.3 is 18.9 Å². The van der Waals surface area contributed by atoms with Gasteiger partial charge in [0.2, 0.25) is 0 Å². The van der Waals surface area contributed by atoms with Gasteiger partial charge in [-0.1, -0.05) is 193 Å². The molecule has 0 bridgehead atoms. The van der Waals surface area contributed by atoms with Crippen LogP contribution in [0.5, 0.6) is 0 Å². The average Bonchev–Trinajstić information content (AvgIpc) is 3.13. The van der Waals surface area contributed by atoms with Gasteiger partial charge in [0, 0.05) is 6.08 Å². The van der Waals surface area contributed by atoms with E-state index in [4.69, 9.17) is 18.5 Å². The molecule has 0 fully saturated rings. The summed E-state index contributed by atoms with van der Waals surface area (Å²) in [5.41, 5.74) is 0. The lowest BCUT2D eigenvalue weighted by molar-refractivity contribution is -0.870. The maximum atomic E-state index is 12.6. The average molecular weight is 799 g/mol. The van der Waals surface area contributed by atoms with E-state index in [0.29, 0.717) is 11.0 Å². The van der Waals surface area contributed by atoms with Crippen molar-refractivity contribution >= 4 is 13.8 Å². The monoisotopic (exact) mass is 799 g/mol. The molecular weight excluding hydrogens is 709 g/mol. The van der Waals surface area contributed by atoms with Crippen molar-refractivity contribution in [1.29, 1.82) is 0 Å². The highest BCUT2D eigenvalue weighted by Crippen LogP contribution is 2.43. The number of esters is 1. The number of phosphoric ester groups is 1. The minimum Gasteiger partial charge on any atom is -0.498 e. The topological polar surface area (TPSA) is 91.3 Å². The van der Waals surface area contributed by atoms with Crippen molar-refractivity contribution in [3.63, 3.8) is 0 Å². The van der Waals surface area contributed by atoms with Crippen molar-refractivity contribution in [2.45, 2.75) is 206 Å². The summed E-state index contributed by atoms with van der Waals surface area (Å²) in [5.74, 6) is -0.563. The molecule has 0 aromatic heterocycles. The number of allylic oxidation sites excluding steroid dienone is 4. The molecular formula is C46H89NO7P+. The Hall–Kier alpha value is -1.44. The number of ether oxygens (including phenoxy) is 2. The second kappa shape index (κ2) is 39.4. The summed E-state index contributed by atoms with van der Waals surface area (Å²) in [6.07, 6.45) is 47.7. The molecule has 0 saturated carbocycles. The minimum atomic E-state index is -4.31. The van der Waals surface area contributed by atoms with Crippen molar-refractivity contribution in [2.24, 2.45) is 0 Å². The highest BCUT2D eigenvalue weighted by Gasteiger charge is 2.26. The predicted octanol–water partition coefficient (Wildman–Crippen LogP) is 13.7. The number of nitrogens with zero attached hydrogens (tertiary/aromatic N) is 1. The van der Waals surface area contributed by atoms with Gasteiger partial charge in [0.15, 0.2) is 6.10 Å². The first-order valence-corrected chi connectivity index (χ1v) is 24.3. The molecule has 0 aromatic rings. The molecule has 0 aromatic carbocycles. The normalized spacial score (nSPS) is 14.0. The fourth-order valence-electron chi connectivity index (χ4n) is 6.31. The number of unbranched alkanes of at least 4 members (excludes halogenated alkanes) is 27. The molecule has 9 heteroatoms. The fourth-order valence-corrected chi connectivity index (χ4v) is 7.05. The van der Waals surface area contributed by atoms with E-state index in [0.717, 1.165) is 25.7 Å². The zero-order valence-electron chi connectivity index (χ0n) is 36.7. The van der Waals surface area contributed by atoms with E-state index in [1.807, 2.05) is 33.3 Å². The van der Waals surface area contributed by atoms with Gasteiger partial charge in [-0.25, -0.2) is 9.36 Å². The summed E-state index contributed by atoms with van der Waals surface area (Å²) >= 11 is 0. The fraction of sp³-hybridized carbons (Fsp3) is 0.848. The molecule has 1 unspecified atom stereocenters. The molecule has 8 nitrogen and oxygen atoms in total. The quantitative estimate of drug-likeness (QED) is 0.0125. The lowest BCUT2D eigenvalue weighted by Crippen LogP contribution is -2.37. The largest absolute Gasteiger partial charge is 0.498 e. The summed E-state index contributed by atoms with van der Waals surface area (Å²) in [7, 11) is 1.59. The van der Waals surface area contributed by atoms with Crippen LogP contribution >= 0.6 is 7.82 Å². The molecule has 55 heavy (non-hydrogen) atoms. The molecule has 0 saturated heterocycles. The molecule has 1 N–H and O–H groups in total. The summed E-state index contributed by atoms with van der Waals surface area (Å²) < 4.78 is 34.6. The number of hydrogen-bond acceptors (Lipinski definition) is 6. The van der Waals surface area contributed by atoms with Gasteiger partial charge in [0.25, 0.3) is 0 Å². The first-order chi connectivity index (χ1) is 26.6. The van der Waals surface area contributed by atoms with Crippen LogP contribution in [-0.2, 0) is 27.9 Å². The Morgan fingerprint density at radius 2 is 1.00 bits per heavy atom. The van der Waals surface area contributed by atoms with Crippen molar-refractivity contribution in [1.82, 2.24) is 0 Å². The number of likely N-dealkylation sites (N-methyl/N-ethyl adjacent to an activating group) is 1. The number of carbonyl (C=O) groups excluding carboxylic acids is 1. The lowest BCUT2D eigenvalue weighted by atomic mass is 10.0. The van der Waals surface area contributed by atoms with E-state index >= 15 is 0 Å². The predicted molar refractivity (Wildman–Crippen MR) is 233 cm³/mol. The number of quaternary nitrogens is 1. The third kappa shape index (κ3) is 43.5. The van der Waals surface area contributed by atoms with Crippen LogP contribution in [0.15, 0.2) is 36.6 Å². The van der Waals surface area contributed by atoms with Crippen LogP contribution in [0, 0.1) is 0 Å². The first kappa shape index (κ1) is 53.6. The third-order valence-electron chi connectivity index (χ3n) is 9.88. The molecule has 324 valence electrons. The van der Waals surface area contributed by atoms with Crippen LogP contribution in [0.3, 0.4) is 0 Å². The Bertz CT molecular complexity index is 978. The second-order valence-corrected chi connectivity index (χ2v) is 18.0. The van der Waals surface area contributed by atoms with Gasteiger partial charge in [0.1, 0.15) is 19.8 Å². The third-order valence-corrected chi connectivity index (χ3v) is 10.9. The zero-order valence-corrected chi connectivity index (χ0v) is 37.6. The smallest absolute Gasteiger partial charge is 0.472 e. The Morgan fingerprint density at radius 3 is 1.44 bits per heavy atom. The SMILES string of the molecule is CCCCCCCCCCCCC/C=C/C=C/C(=O)O[C@H](CO/C=C/CCCCCCCCCCCCCCCCCC)COP(=O)(O)OCC[N+](C)(C)C. The van der Waals surface area contributed by atoms with Gasteiger partial charge in [-0.2, -0.15) is 0 Å². The molecule has 2 atom stereocenters. The number of phosphoric acid groups is 1. The summed E-state index contributed by atoms with van der Waals surface area (Å²) in [4.78, 5) is 22.7. The van der Waals surface area contributed by atoms with E-state index < -0.39 is 19.9 Å². The van der Waals surface area contributed by atoms with Gasteiger partial charge in [-0.05, 0) is 31.8 Å². The van der Waals surface area contributed by atoms with Gasteiger partial charge in [-0.3, -0.25) is 9.05 Å². The van der Waals surface area contributed by atoms with Crippen LogP contribution in [-0.4, -0.2) is 69.0 Å². The Morgan fingerprint density at radius 1 is 0.582 bits per heavy atom. The van der Waals surface area contributed by atoms with Crippen LogP contribution in [0.1, 0.15) is 200 Å². The van der Waals surface area contributed by atoms with E-state index in [1.54, 1.807) is 12.3 Å². The maximum Gasteiger partial charge on any atom is 0.472 e. The lowest BCUT2D eigenvalue weighted by Gasteiger charge is -2.24. The van der Waals surface area contributed by atoms with E-state index in [-0.39, 0.29) is 19.8 Å². The van der Waals surface area contributed by atoms with E-state index in [9.17, 15) is 14.3 Å². The maximum absolute atomic E-state index is 12.6. The van der Waals surface area contributed by atoms with Crippen LogP contribution in [0.2, 0.25) is 0 Å². The Labute approximate surface area is 340 Å². The van der Waals surface area contributed by atoms with Gasteiger partial charge in [0.05, 0.1) is 34.0 Å². The molecule has 0 radical (unpaired) electrons. The van der Waals surface area contributed by atoms with E-state index in [1.165, 1.54) is 167 Å². The molecule has 0 aliphatic heterocycles. The van der Waals surface area contributed by atoms with Crippen molar-refractivity contribution < 1.29 is 37.3 Å². The van der Waals surface area contributed by atoms with Crippen LogP contribution in [0.4, 0.5) is 0 Å². The summed E-state index contributed by atoms with van der Waals surface area (Å²) in [6, 6.07) is 0. The molecule has 0 heterocycles. The molecule has 0 amide bonds. The first-order valence-electron chi connectivity index (χ1n) is 22.8. The standard InChI is InChI=1S/C46H88NO7P/c1-6-8-10-12-14-16-18-20-22-23-24-26-28-30-32-34-36-38-41-51-43-45(44-53-55(49,50)52-42-40-47(3,4)5)54-46(48)39-37-35-33-31-29-27-25-21-19-17-15-13-11-9-7-2/h33,35,37-39,41,45H,6-32,34,36,40,42-44H2,1-5H3/p+1/b35-33+,39-37+,41-38+/t45-/m1/s1. The van der Waals surface area contributed by atoms with Crippen LogP contribution < -0.4 is 0 Å².